The molecule has 0 saturated heterocycles. The third-order valence-corrected chi connectivity index (χ3v) is 6.19. The van der Waals surface area contributed by atoms with E-state index in [-0.39, 0.29) is 30.0 Å². The summed E-state index contributed by atoms with van der Waals surface area (Å²) in [6.45, 7) is 10.5. The first-order valence-corrected chi connectivity index (χ1v) is 11.9. The first kappa shape index (κ1) is 29.1. The molecule has 2 N–H and O–H groups in total. The van der Waals surface area contributed by atoms with Gasteiger partial charge in [-0.15, -0.1) is 5.39 Å². The van der Waals surface area contributed by atoms with Crippen molar-refractivity contribution in [2.45, 2.75) is 59.9 Å². The molecule has 1 aromatic carbocycles. The van der Waals surface area contributed by atoms with E-state index in [9.17, 15) is 19.6 Å². The Morgan fingerprint density at radius 3 is 2.30 bits per heavy atom. The van der Waals surface area contributed by atoms with Crippen molar-refractivity contribution in [3.05, 3.63) is 40.6 Å². The third kappa shape index (κ3) is 10.2. The molecule has 0 aliphatic carbocycles. The molecule has 0 radical (unpaired) electrons. The number of esters is 1. The van der Waals surface area contributed by atoms with Gasteiger partial charge in [0.25, 0.3) is 0 Å². The van der Waals surface area contributed by atoms with Gasteiger partial charge in [-0.1, -0.05) is 49.9 Å². The quantitative estimate of drug-likeness (QED) is 0.320. The molecular formula is C23H35N2O7S-. The first-order valence-electron chi connectivity index (χ1n) is 10.9. The number of carbonyl (C=O) groups excluding carboxylic acids is 3. The van der Waals surface area contributed by atoms with Gasteiger partial charge in [-0.05, 0) is 51.2 Å². The van der Waals surface area contributed by atoms with E-state index in [1.165, 1.54) is 19.4 Å². The first-order chi connectivity index (χ1) is 15.4. The Balaban J connectivity index is 2.81. The lowest BCUT2D eigenvalue weighted by Crippen LogP contribution is -2.45. The number of ether oxygens (including phenoxy) is 1. The number of nitrogens with one attached hydrogen (secondary N) is 1. The number of nitrogens with zero attached hydrogens (tertiary/aromatic N) is 1. The number of thioether (sulfide) groups is 1. The largest absolute Gasteiger partial charge is 0.738 e. The minimum atomic E-state index is -1.11. The van der Waals surface area contributed by atoms with Crippen LogP contribution in [0.2, 0.25) is 0 Å². The van der Waals surface area contributed by atoms with E-state index >= 15 is 0 Å². The van der Waals surface area contributed by atoms with Crippen LogP contribution in [0.25, 0.3) is 0 Å². The molecular weight excluding hydrogens is 448 g/mol. The van der Waals surface area contributed by atoms with Gasteiger partial charge in [0, 0.05) is 5.75 Å². The van der Waals surface area contributed by atoms with Gasteiger partial charge >= 0.3 is 5.97 Å². The molecule has 2 atom stereocenters. The normalized spacial score (nSPS) is 13.6. The van der Waals surface area contributed by atoms with Crippen molar-refractivity contribution in [1.29, 1.82) is 0 Å². The molecule has 186 valence electrons. The van der Waals surface area contributed by atoms with Crippen LogP contribution in [-0.4, -0.2) is 52.6 Å². The molecule has 2 unspecified atom stereocenters. The fourth-order valence-corrected chi connectivity index (χ4v) is 3.89. The molecule has 9 nitrogen and oxygen atoms in total. The summed E-state index contributed by atoms with van der Waals surface area (Å²) in [7, 11) is 0. The van der Waals surface area contributed by atoms with Crippen molar-refractivity contribution in [2.75, 3.05) is 19.0 Å². The second-order valence-electron chi connectivity index (χ2n) is 8.87. The summed E-state index contributed by atoms with van der Waals surface area (Å²) in [6.07, 6.45) is 0.948. The molecule has 10 heteroatoms. The summed E-state index contributed by atoms with van der Waals surface area (Å²) < 4.78 is 5.06. The fourth-order valence-electron chi connectivity index (χ4n) is 2.90. The van der Waals surface area contributed by atoms with Crippen molar-refractivity contribution in [3.8, 4) is 0 Å². The topological polar surface area (TPSA) is 128 Å². The molecule has 1 amide bonds. The van der Waals surface area contributed by atoms with Crippen molar-refractivity contribution in [2.24, 2.45) is 11.3 Å². The highest BCUT2D eigenvalue weighted by atomic mass is 32.2. The van der Waals surface area contributed by atoms with Crippen LogP contribution in [0.15, 0.2) is 24.3 Å². The van der Waals surface area contributed by atoms with Crippen LogP contribution < -0.4 is 5.32 Å². The van der Waals surface area contributed by atoms with Gasteiger partial charge in [0.05, 0.1) is 24.5 Å². The molecule has 0 spiro atoms. The SMILES string of the molecule is CCOC(=O)C(CSC(=O)C(C)(C)CON([O-])O)NC(=O)C(C)c1ccc(CC(C)C)cc1. The molecule has 0 aliphatic heterocycles. The van der Waals surface area contributed by atoms with Gasteiger partial charge in [-0.25, -0.2) is 4.79 Å². The van der Waals surface area contributed by atoms with Crippen LogP contribution in [0.1, 0.15) is 58.6 Å². The zero-order valence-electron chi connectivity index (χ0n) is 20.1. The second-order valence-corrected chi connectivity index (χ2v) is 9.86. The molecule has 0 aliphatic rings. The number of rotatable bonds is 13. The summed E-state index contributed by atoms with van der Waals surface area (Å²) in [5.41, 5.74) is 0.897. The average molecular weight is 484 g/mol. The van der Waals surface area contributed by atoms with Crippen LogP contribution in [0.5, 0.6) is 0 Å². The monoisotopic (exact) mass is 483 g/mol. The Bertz CT molecular complexity index is 782. The van der Waals surface area contributed by atoms with E-state index in [4.69, 9.17) is 9.94 Å². The number of hydrogen-bond acceptors (Lipinski definition) is 9. The maximum absolute atomic E-state index is 12.8. The minimum Gasteiger partial charge on any atom is -0.738 e. The van der Waals surface area contributed by atoms with Gasteiger partial charge in [0.2, 0.25) is 5.91 Å². The summed E-state index contributed by atoms with van der Waals surface area (Å²) >= 11 is 0.818. The lowest BCUT2D eigenvalue weighted by Gasteiger charge is -2.27. The van der Waals surface area contributed by atoms with E-state index in [1.54, 1.807) is 13.8 Å². The molecule has 0 heterocycles. The average Bonchev–Trinajstić information content (AvgIpc) is 2.74. The molecule has 0 fully saturated rings. The highest BCUT2D eigenvalue weighted by Crippen LogP contribution is 2.26. The van der Waals surface area contributed by atoms with Crippen molar-refractivity contribution in [3.63, 3.8) is 0 Å². The molecule has 0 aromatic heterocycles. The summed E-state index contributed by atoms with van der Waals surface area (Å²) in [4.78, 5) is 42.2. The highest BCUT2D eigenvalue weighted by Gasteiger charge is 2.32. The Morgan fingerprint density at radius 2 is 1.79 bits per heavy atom. The standard InChI is InChI=1S/C23H35N2O7S/c1-7-31-21(27)19(13-33-22(28)23(5,6)14-32-25(29)30)24-20(26)16(4)18-10-8-17(9-11-18)12-15(2)3/h8-11,15-16,19,29H,7,12-14H2,1-6H3,(H,24,26)/q-1. The Morgan fingerprint density at radius 1 is 1.18 bits per heavy atom. The van der Waals surface area contributed by atoms with Crippen LogP contribution in [0.4, 0.5) is 0 Å². The summed E-state index contributed by atoms with van der Waals surface area (Å²) in [5, 5.41) is 20.7. The lowest BCUT2D eigenvalue weighted by atomic mass is 9.96. The predicted octanol–water partition coefficient (Wildman–Crippen LogP) is 3.44. The molecule has 1 aromatic rings. The number of benzene rings is 1. The van der Waals surface area contributed by atoms with Crippen molar-refractivity contribution in [1.82, 2.24) is 10.7 Å². The second kappa shape index (κ2) is 13.7. The Hall–Kier alpha value is -1.98. The molecule has 0 saturated carbocycles. The maximum atomic E-state index is 12.8. The van der Waals surface area contributed by atoms with E-state index in [1.807, 2.05) is 24.3 Å². The number of amides is 1. The van der Waals surface area contributed by atoms with Crippen molar-refractivity contribution >= 4 is 28.8 Å². The number of carbonyl (C=O) groups is 3. The predicted molar refractivity (Wildman–Crippen MR) is 126 cm³/mol. The summed E-state index contributed by atoms with van der Waals surface area (Å²) in [6, 6.07) is 6.77. The van der Waals surface area contributed by atoms with Gasteiger partial charge in [0.15, 0.2) is 5.12 Å². The lowest BCUT2D eigenvalue weighted by molar-refractivity contribution is -0.313. The van der Waals surface area contributed by atoms with Gasteiger partial charge in [0.1, 0.15) is 6.04 Å². The van der Waals surface area contributed by atoms with Gasteiger partial charge < -0.3 is 20.5 Å². The molecule has 0 bridgehead atoms. The van der Waals surface area contributed by atoms with E-state index in [0.717, 1.165) is 23.7 Å². The Kier molecular flexibility index (Phi) is 12.0. The van der Waals surface area contributed by atoms with Crippen LogP contribution >= 0.6 is 11.8 Å². The zero-order chi connectivity index (χ0) is 25.2. The zero-order valence-corrected chi connectivity index (χ0v) is 20.9. The highest BCUT2D eigenvalue weighted by molar-refractivity contribution is 8.13. The van der Waals surface area contributed by atoms with E-state index < -0.39 is 28.7 Å². The summed E-state index contributed by atoms with van der Waals surface area (Å²) in [5.74, 6) is -1.02. The van der Waals surface area contributed by atoms with E-state index in [0.29, 0.717) is 5.92 Å². The van der Waals surface area contributed by atoms with Crippen molar-refractivity contribution < 1.29 is 29.2 Å². The molecule has 33 heavy (non-hydrogen) atoms. The third-order valence-electron chi connectivity index (χ3n) is 4.87. The fraction of sp³-hybridized carbons (Fsp3) is 0.609. The smallest absolute Gasteiger partial charge is 0.329 e. The van der Waals surface area contributed by atoms with E-state index in [2.05, 4.69) is 24.0 Å². The van der Waals surface area contributed by atoms with Crippen LogP contribution in [-0.2, 0) is 30.4 Å². The van der Waals surface area contributed by atoms with Crippen LogP contribution in [0, 0.1) is 16.5 Å². The molecule has 1 rings (SSSR count). The van der Waals surface area contributed by atoms with Gasteiger partial charge in [-0.2, -0.15) is 0 Å². The maximum Gasteiger partial charge on any atom is 0.329 e. The van der Waals surface area contributed by atoms with Gasteiger partial charge in [-0.3, -0.25) is 14.4 Å². The minimum absolute atomic E-state index is 0.0485. The number of hydrogen-bond donors (Lipinski definition) is 2. The Labute approximate surface area is 199 Å². The van der Waals surface area contributed by atoms with Crippen LogP contribution in [0.3, 0.4) is 0 Å².